The minimum absolute atomic E-state index is 0.0195. The fourth-order valence-electron chi connectivity index (χ4n) is 3.34. The lowest BCUT2D eigenvalue weighted by atomic mass is 9.92. The predicted octanol–water partition coefficient (Wildman–Crippen LogP) is 7.07. The Labute approximate surface area is 190 Å². The van der Waals surface area contributed by atoms with Crippen LogP contribution in [0.4, 0.5) is 11.4 Å². The van der Waals surface area contributed by atoms with Gasteiger partial charge in [-0.2, -0.15) is 0 Å². The minimum Gasteiger partial charge on any atom is -0.295 e. The molecule has 0 fully saturated rings. The lowest BCUT2D eigenvalue weighted by Crippen LogP contribution is -1.99. The van der Waals surface area contributed by atoms with Crippen LogP contribution in [-0.4, -0.2) is 10.7 Å². The maximum Gasteiger partial charge on any atom is 0.269 e. The zero-order valence-electron chi connectivity index (χ0n) is 17.3. The normalized spacial score (nSPS) is 10.5. The number of non-ortho nitro benzene ring substituents is 1. The van der Waals surface area contributed by atoms with E-state index in [1.54, 1.807) is 19.1 Å². The summed E-state index contributed by atoms with van der Waals surface area (Å²) in [5, 5.41) is 10.9. The summed E-state index contributed by atoms with van der Waals surface area (Å²) in [5.74, 6) is -0.0195. The van der Waals surface area contributed by atoms with Crippen LogP contribution in [0.1, 0.15) is 17.3 Å². The number of nitro benzene ring substituents is 1. The molecule has 0 aromatic heterocycles. The van der Waals surface area contributed by atoms with Gasteiger partial charge in [0.1, 0.15) is 0 Å². The average molecular weight is 440 g/mol. The summed E-state index contributed by atoms with van der Waals surface area (Å²) in [4.78, 5) is 23.6. The van der Waals surface area contributed by atoms with E-state index in [4.69, 9.17) is 4.72 Å². The van der Waals surface area contributed by atoms with Crippen LogP contribution in [0.5, 0.6) is 0 Å². The number of rotatable bonds is 7. The quantitative estimate of drug-likeness (QED) is 0.133. The van der Waals surface area contributed by atoms with E-state index < -0.39 is 4.92 Å². The Bertz CT molecular complexity index is 1200. The van der Waals surface area contributed by atoms with Gasteiger partial charge < -0.3 is 0 Å². The van der Waals surface area contributed by atoms with Gasteiger partial charge in [0.05, 0.1) is 10.6 Å². The maximum absolute atomic E-state index is 12.3. The van der Waals surface area contributed by atoms with Crippen LogP contribution >= 0.6 is 11.9 Å². The summed E-state index contributed by atoms with van der Waals surface area (Å²) < 4.78 is 4.84. The molecule has 4 aromatic carbocycles. The lowest BCUT2D eigenvalue weighted by Gasteiger charge is -2.17. The molecule has 0 saturated heterocycles. The molecule has 157 valence electrons. The summed E-state index contributed by atoms with van der Waals surface area (Å²) in [7, 11) is 0. The first-order valence-corrected chi connectivity index (χ1v) is 10.7. The monoisotopic (exact) mass is 439 g/mol. The molecule has 6 heteroatoms. The third kappa shape index (κ3) is 4.71. The van der Waals surface area contributed by atoms with Crippen molar-refractivity contribution < 1.29 is 9.72 Å². The van der Waals surface area contributed by atoms with Crippen LogP contribution < -0.4 is 4.72 Å². The highest BCUT2D eigenvalue weighted by Crippen LogP contribution is 2.41. The molecule has 0 aliphatic carbocycles. The second-order valence-electron chi connectivity index (χ2n) is 7.14. The Hall–Kier alpha value is -3.90. The largest absolute Gasteiger partial charge is 0.295 e. The summed E-state index contributed by atoms with van der Waals surface area (Å²) >= 11 is 1.24. The third-order valence-corrected chi connectivity index (χ3v) is 5.73. The molecule has 0 saturated carbocycles. The van der Waals surface area contributed by atoms with Gasteiger partial charge in [-0.15, -0.1) is 0 Å². The van der Waals surface area contributed by atoms with Crippen molar-refractivity contribution in [3.63, 3.8) is 0 Å². The van der Waals surface area contributed by atoms with E-state index in [1.807, 2.05) is 72.8 Å². The van der Waals surface area contributed by atoms with Crippen LogP contribution in [0, 0.1) is 10.1 Å². The van der Waals surface area contributed by atoms with Gasteiger partial charge in [-0.05, 0) is 42.3 Å². The first-order valence-electron chi connectivity index (χ1n) is 9.95. The molecule has 5 nitrogen and oxygen atoms in total. The van der Waals surface area contributed by atoms with Gasteiger partial charge >= 0.3 is 0 Å². The lowest BCUT2D eigenvalue weighted by molar-refractivity contribution is -0.384. The number of Topliss-reactive ketones (excluding diaryl/α,β-unsaturated/α-hetero) is 1. The first-order chi connectivity index (χ1) is 15.5. The fourth-order valence-corrected chi connectivity index (χ4v) is 3.99. The van der Waals surface area contributed by atoms with Crippen LogP contribution in [0.25, 0.3) is 22.3 Å². The molecular weight excluding hydrogens is 420 g/mol. The summed E-state index contributed by atoms with van der Waals surface area (Å²) in [6.45, 7) is 1.56. The Balaban J connectivity index is 1.82. The van der Waals surface area contributed by atoms with Crippen molar-refractivity contribution in [1.82, 2.24) is 4.72 Å². The highest BCUT2D eigenvalue weighted by atomic mass is 32.2. The zero-order chi connectivity index (χ0) is 22.5. The SMILES string of the molecule is CC(=O)c1cc(-c2ccccc2)c([N]Sc2ccc([N+](=O)[O-])cc2)c(-c2ccccc2)c1. The Kier molecular flexibility index (Phi) is 6.33. The zero-order valence-corrected chi connectivity index (χ0v) is 18.1. The fraction of sp³-hybridized carbons (Fsp3) is 0.0385. The molecule has 0 bridgehead atoms. The van der Waals surface area contributed by atoms with Crippen LogP contribution in [0.3, 0.4) is 0 Å². The van der Waals surface area contributed by atoms with E-state index >= 15 is 0 Å². The van der Waals surface area contributed by atoms with E-state index in [0.29, 0.717) is 5.56 Å². The number of nitrogens with zero attached hydrogens (tertiary/aromatic N) is 2. The molecule has 1 radical (unpaired) electrons. The van der Waals surface area contributed by atoms with Gasteiger partial charge in [-0.25, -0.2) is 4.72 Å². The number of nitro groups is 1. The van der Waals surface area contributed by atoms with Gasteiger partial charge in [-0.1, -0.05) is 60.7 Å². The standard InChI is InChI=1S/C26H19N2O3S/c1-18(29)21-16-24(19-8-4-2-5-9-19)26(25(17-21)20-10-6-3-7-11-20)27-32-23-14-12-22(13-15-23)28(30)31/h2-17H,1H3. The van der Waals surface area contributed by atoms with Gasteiger partial charge in [0.2, 0.25) is 0 Å². The molecule has 0 amide bonds. The second-order valence-corrected chi connectivity index (χ2v) is 7.98. The van der Waals surface area contributed by atoms with Gasteiger partial charge in [0, 0.05) is 45.7 Å². The number of ketones is 1. The van der Waals surface area contributed by atoms with Crippen molar-refractivity contribution in [3.05, 3.63) is 113 Å². The number of benzene rings is 4. The van der Waals surface area contributed by atoms with Gasteiger partial charge in [-0.3, -0.25) is 14.9 Å². The molecule has 0 N–H and O–H groups in total. The molecule has 32 heavy (non-hydrogen) atoms. The Morgan fingerprint density at radius 2 is 1.31 bits per heavy atom. The molecule has 4 aromatic rings. The third-order valence-electron chi connectivity index (χ3n) is 4.98. The van der Waals surface area contributed by atoms with E-state index in [1.165, 1.54) is 24.1 Å². The van der Waals surface area contributed by atoms with E-state index in [-0.39, 0.29) is 11.5 Å². The maximum atomic E-state index is 12.3. The first kappa shape index (κ1) is 21.3. The van der Waals surface area contributed by atoms with E-state index in [2.05, 4.69) is 0 Å². The van der Waals surface area contributed by atoms with Gasteiger partial charge in [0.25, 0.3) is 5.69 Å². The molecule has 0 aliphatic rings. The van der Waals surface area contributed by atoms with Crippen LogP contribution in [-0.2, 0) is 0 Å². The Morgan fingerprint density at radius 1 is 0.812 bits per heavy atom. The highest BCUT2D eigenvalue weighted by Gasteiger charge is 2.18. The molecular formula is C26H19N2O3S. The van der Waals surface area contributed by atoms with Gasteiger partial charge in [0.15, 0.2) is 5.78 Å². The topological polar surface area (TPSA) is 74.3 Å². The number of hydrogen-bond acceptors (Lipinski definition) is 4. The molecule has 0 heterocycles. The minimum atomic E-state index is -0.424. The number of carbonyl (C=O) groups is 1. The summed E-state index contributed by atoms with van der Waals surface area (Å²) in [6.07, 6.45) is 0. The number of carbonyl (C=O) groups excluding carboxylic acids is 1. The summed E-state index contributed by atoms with van der Waals surface area (Å²) in [5.41, 5.74) is 5.01. The second kappa shape index (κ2) is 9.49. The van der Waals surface area contributed by atoms with Crippen molar-refractivity contribution in [1.29, 1.82) is 0 Å². The van der Waals surface area contributed by atoms with E-state index in [9.17, 15) is 14.9 Å². The van der Waals surface area contributed by atoms with Crippen molar-refractivity contribution in [3.8, 4) is 22.3 Å². The van der Waals surface area contributed by atoms with Crippen molar-refractivity contribution in [2.75, 3.05) is 0 Å². The molecule has 0 unspecified atom stereocenters. The van der Waals surface area contributed by atoms with Crippen LogP contribution in [0.15, 0.2) is 102 Å². The highest BCUT2D eigenvalue weighted by molar-refractivity contribution is 7.97. The Morgan fingerprint density at radius 3 is 1.75 bits per heavy atom. The van der Waals surface area contributed by atoms with Crippen molar-refractivity contribution in [2.24, 2.45) is 0 Å². The molecule has 0 spiro atoms. The van der Waals surface area contributed by atoms with E-state index in [0.717, 1.165) is 32.8 Å². The average Bonchev–Trinajstić information content (AvgIpc) is 2.83. The molecule has 0 atom stereocenters. The van der Waals surface area contributed by atoms with Crippen molar-refractivity contribution in [2.45, 2.75) is 11.8 Å². The smallest absolute Gasteiger partial charge is 0.269 e. The number of hydrogen-bond donors (Lipinski definition) is 0. The predicted molar refractivity (Wildman–Crippen MR) is 128 cm³/mol. The molecule has 4 rings (SSSR count). The van der Waals surface area contributed by atoms with Crippen molar-refractivity contribution >= 4 is 29.1 Å². The molecule has 0 aliphatic heterocycles. The van der Waals surface area contributed by atoms with Crippen LogP contribution in [0.2, 0.25) is 0 Å². The summed E-state index contributed by atoms with van der Waals surface area (Å²) in [6, 6.07) is 29.7.